The van der Waals surface area contributed by atoms with E-state index in [0.29, 0.717) is 16.1 Å². The van der Waals surface area contributed by atoms with E-state index < -0.39 is 46.2 Å². The molecule has 32 heavy (non-hydrogen) atoms. The first kappa shape index (κ1) is 20.0. The Kier molecular flexibility index (Phi) is 4.41. The highest BCUT2D eigenvalue weighted by molar-refractivity contribution is 7.10. The van der Waals surface area contributed by atoms with Crippen molar-refractivity contribution in [2.24, 2.45) is 0 Å². The summed E-state index contributed by atoms with van der Waals surface area (Å²) in [4.78, 5) is 53.0. The van der Waals surface area contributed by atoms with E-state index in [1.807, 2.05) is 0 Å². The predicted octanol–water partition coefficient (Wildman–Crippen LogP) is 3.86. The van der Waals surface area contributed by atoms with Crippen LogP contribution in [0.1, 0.15) is 37.2 Å². The number of hydrogen-bond acceptors (Lipinski definition) is 6. The van der Waals surface area contributed by atoms with Gasteiger partial charge >= 0.3 is 0 Å². The van der Waals surface area contributed by atoms with Crippen molar-refractivity contribution in [3.05, 3.63) is 91.4 Å². The minimum Gasteiger partial charge on any atom is -0.299 e. The summed E-state index contributed by atoms with van der Waals surface area (Å²) in [5.74, 6) is -2.70. The highest BCUT2D eigenvalue weighted by Crippen LogP contribution is 2.46. The molecule has 0 spiro atoms. The fourth-order valence-electron chi connectivity index (χ4n) is 4.18. The third-order valence-corrected chi connectivity index (χ3v) is 6.68. The number of fused-ring (bicyclic) bond motifs is 1. The van der Waals surface area contributed by atoms with Crippen molar-refractivity contribution in [2.45, 2.75) is 19.0 Å². The Balaban J connectivity index is 1.59. The van der Waals surface area contributed by atoms with Crippen LogP contribution >= 0.6 is 11.3 Å². The fraction of sp³-hybridized carbons (Fsp3) is 0.136. The number of carbonyl (C=O) groups excluding carboxylic acids is 3. The van der Waals surface area contributed by atoms with Crippen molar-refractivity contribution >= 4 is 40.4 Å². The number of amides is 3. The summed E-state index contributed by atoms with van der Waals surface area (Å²) in [6.45, 7) is 1.60. The van der Waals surface area contributed by atoms with Gasteiger partial charge in [-0.1, -0.05) is 18.2 Å². The molecule has 1 aromatic heterocycles. The largest absolute Gasteiger partial charge is 0.299 e. The topological polar surface area (TPSA) is 101 Å². The monoisotopic (exact) mass is 451 g/mol. The number of benzene rings is 2. The third kappa shape index (κ3) is 2.69. The van der Waals surface area contributed by atoms with Gasteiger partial charge in [-0.2, -0.15) is 0 Å². The van der Waals surface area contributed by atoms with Crippen LogP contribution in [0, 0.1) is 22.9 Å². The molecule has 0 aliphatic carbocycles. The number of anilines is 1. The van der Waals surface area contributed by atoms with Crippen LogP contribution in [0.15, 0.2) is 53.9 Å². The number of aryl methyl sites for hydroxylation is 1. The molecule has 0 unspecified atom stereocenters. The van der Waals surface area contributed by atoms with Gasteiger partial charge in [-0.05, 0) is 42.1 Å². The highest BCUT2D eigenvalue weighted by atomic mass is 32.1. The van der Waals surface area contributed by atoms with E-state index >= 15 is 0 Å². The Morgan fingerprint density at radius 1 is 1.00 bits per heavy atom. The molecule has 0 bridgehead atoms. The summed E-state index contributed by atoms with van der Waals surface area (Å²) in [6, 6.07) is 9.78. The molecule has 160 valence electrons. The maximum absolute atomic E-state index is 14.2. The quantitative estimate of drug-likeness (QED) is 0.260. The zero-order valence-electron chi connectivity index (χ0n) is 16.5. The molecule has 8 nitrogen and oxygen atoms in total. The maximum atomic E-state index is 14.2. The lowest BCUT2D eigenvalue weighted by Gasteiger charge is -2.49. The molecule has 10 heteroatoms. The van der Waals surface area contributed by atoms with Gasteiger partial charge in [0, 0.05) is 16.6 Å². The van der Waals surface area contributed by atoms with Gasteiger partial charge in [0.15, 0.2) is 0 Å². The molecule has 1 saturated heterocycles. The van der Waals surface area contributed by atoms with E-state index in [0.717, 1.165) is 11.0 Å². The van der Waals surface area contributed by atoms with Gasteiger partial charge in [-0.25, -0.2) is 4.39 Å². The van der Waals surface area contributed by atoms with Crippen LogP contribution in [0.3, 0.4) is 0 Å². The summed E-state index contributed by atoms with van der Waals surface area (Å²) >= 11 is 1.33. The first-order valence-electron chi connectivity index (χ1n) is 9.59. The van der Waals surface area contributed by atoms with Crippen LogP contribution in [0.2, 0.25) is 0 Å². The second-order valence-corrected chi connectivity index (χ2v) is 8.46. The average molecular weight is 451 g/mol. The van der Waals surface area contributed by atoms with E-state index in [-0.39, 0.29) is 11.1 Å². The Morgan fingerprint density at radius 2 is 1.78 bits per heavy atom. The average Bonchev–Trinajstić information content (AvgIpc) is 3.37. The zero-order valence-corrected chi connectivity index (χ0v) is 17.3. The smallest absolute Gasteiger partial charge is 0.282 e. The number of thiophene rings is 1. The van der Waals surface area contributed by atoms with Crippen molar-refractivity contribution in [2.75, 3.05) is 4.90 Å². The van der Waals surface area contributed by atoms with E-state index in [1.165, 1.54) is 34.4 Å². The number of rotatable bonds is 4. The van der Waals surface area contributed by atoms with Crippen LogP contribution in [-0.4, -0.2) is 33.6 Å². The van der Waals surface area contributed by atoms with Crippen LogP contribution in [0.25, 0.3) is 0 Å². The van der Waals surface area contributed by atoms with E-state index in [1.54, 1.807) is 36.6 Å². The second kappa shape index (κ2) is 7.06. The molecular weight excluding hydrogens is 437 g/mol. The minimum absolute atomic E-state index is 0.109. The number of β-lactam (4-membered cyclic amide) rings is 1. The number of carbonyl (C=O) groups is 3. The first-order chi connectivity index (χ1) is 15.3. The standard InChI is InChI=1S/C22H14FN3O5S/c1-11-7-8-12(10-14(11)23)24-18(16-6-3-9-32-16)19(22(24)29)25-20(27)13-4-2-5-15(26(30)31)17(13)21(25)28/h2-10,18-19H,1H3/t18-,19-/m1/s1. The van der Waals surface area contributed by atoms with Crippen molar-refractivity contribution < 1.29 is 23.7 Å². The Morgan fingerprint density at radius 3 is 2.44 bits per heavy atom. The van der Waals surface area contributed by atoms with E-state index in [9.17, 15) is 28.9 Å². The van der Waals surface area contributed by atoms with Crippen molar-refractivity contribution in [1.29, 1.82) is 0 Å². The van der Waals surface area contributed by atoms with Gasteiger partial charge in [0.1, 0.15) is 23.5 Å². The molecule has 3 heterocycles. The SMILES string of the molecule is Cc1ccc(N2C(=O)[C@H](N3C(=O)c4cccc([N+](=O)[O-])c4C3=O)[C@H]2c2cccs2)cc1F. The molecule has 0 N–H and O–H groups in total. The Bertz CT molecular complexity index is 1320. The van der Waals surface area contributed by atoms with E-state index in [4.69, 9.17) is 0 Å². The van der Waals surface area contributed by atoms with Crippen LogP contribution in [-0.2, 0) is 4.79 Å². The van der Waals surface area contributed by atoms with Crippen LogP contribution in [0.4, 0.5) is 15.8 Å². The summed E-state index contributed by atoms with van der Waals surface area (Å²) in [5, 5.41) is 13.2. The second-order valence-electron chi connectivity index (χ2n) is 7.48. The van der Waals surface area contributed by atoms with Crippen molar-refractivity contribution in [3.63, 3.8) is 0 Å². The lowest BCUT2D eigenvalue weighted by atomic mass is 9.90. The van der Waals surface area contributed by atoms with Crippen LogP contribution < -0.4 is 4.90 Å². The van der Waals surface area contributed by atoms with Crippen molar-refractivity contribution in [3.8, 4) is 0 Å². The highest BCUT2D eigenvalue weighted by Gasteiger charge is 2.58. The van der Waals surface area contributed by atoms with Gasteiger partial charge in [0.2, 0.25) is 0 Å². The number of halogens is 1. The molecule has 2 aliphatic heterocycles. The zero-order chi connectivity index (χ0) is 22.7. The number of nitrogens with zero attached hydrogens (tertiary/aromatic N) is 3. The molecule has 0 radical (unpaired) electrons. The maximum Gasteiger partial charge on any atom is 0.282 e. The Labute approximate surface area is 184 Å². The molecule has 2 aromatic carbocycles. The van der Waals surface area contributed by atoms with Gasteiger partial charge in [-0.15, -0.1) is 11.3 Å². The molecule has 2 aliphatic rings. The number of nitro benzene ring substituents is 1. The molecule has 3 amide bonds. The first-order valence-corrected chi connectivity index (χ1v) is 10.5. The summed E-state index contributed by atoms with van der Waals surface area (Å²) in [6.07, 6.45) is 0. The lowest BCUT2D eigenvalue weighted by Crippen LogP contribution is -2.67. The van der Waals surface area contributed by atoms with Gasteiger partial charge < -0.3 is 0 Å². The molecule has 5 rings (SSSR count). The molecule has 1 fully saturated rings. The summed E-state index contributed by atoms with van der Waals surface area (Å²) < 4.78 is 14.2. The summed E-state index contributed by atoms with van der Waals surface area (Å²) in [7, 11) is 0. The number of imide groups is 1. The third-order valence-electron chi connectivity index (χ3n) is 5.74. The van der Waals surface area contributed by atoms with Gasteiger partial charge in [-0.3, -0.25) is 34.3 Å². The fourth-order valence-corrected chi connectivity index (χ4v) is 5.02. The molecule has 0 saturated carbocycles. The molecule has 2 atom stereocenters. The van der Waals surface area contributed by atoms with Gasteiger partial charge in [0.05, 0.1) is 10.5 Å². The van der Waals surface area contributed by atoms with Crippen LogP contribution in [0.5, 0.6) is 0 Å². The molecule has 3 aromatic rings. The van der Waals surface area contributed by atoms with Crippen molar-refractivity contribution in [1.82, 2.24) is 4.90 Å². The Hall–Kier alpha value is -3.92. The number of hydrogen-bond donors (Lipinski definition) is 0. The van der Waals surface area contributed by atoms with E-state index in [2.05, 4.69) is 0 Å². The normalized spacial score (nSPS) is 19.9. The molecular formula is C22H14FN3O5S. The minimum atomic E-state index is -1.19. The summed E-state index contributed by atoms with van der Waals surface area (Å²) in [5.41, 5.74) is -0.198. The number of nitro groups is 1. The lowest BCUT2D eigenvalue weighted by molar-refractivity contribution is -0.385. The van der Waals surface area contributed by atoms with Gasteiger partial charge in [0.25, 0.3) is 23.4 Å². The predicted molar refractivity (Wildman–Crippen MR) is 113 cm³/mol.